The van der Waals surface area contributed by atoms with Crippen LogP contribution in [0.4, 0.5) is 0 Å². The highest BCUT2D eigenvalue weighted by Gasteiger charge is 2.21. The Morgan fingerprint density at radius 2 is 2.07 bits per heavy atom. The van der Waals surface area contributed by atoms with Crippen molar-refractivity contribution in [2.24, 2.45) is 0 Å². The van der Waals surface area contributed by atoms with Gasteiger partial charge in [-0.3, -0.25) is 4.79 Å². The highest BCUT2D eigenvalue weighted by atomic mass is 35.5. The van der Waals surface area contributed by atoms with E-state index < -0.39 is 17.5 Å². The minimum atomic E-state index is -0.693. The van der Waals surface area contributed by atoms with Gasteiger partial charge >= 0.3 is 11.9 Å². The third kappa shape index (κ3) is 6.96. The van der Waals surface area contributed by atoms with E-state index in [0.29, 0.717) is 0 Å². The molecule has 0 rings (SSSR count). The third-order valence-corrected chi connectivity index (χ3v) is 2.07. The van der Waals surface area contributed by atoms with Gasteiger partial charge in [-0.05, 0) is 13.8 Å². The number of hydrogen-bond donors (Lipinski definition) is 0. The van der Waals surface area contributed by atoms with Crippen LogP contribution in [0.2, 0.25) is 0 Å². The second kappa shape index (κ2) is 6.45. The van der Waals surface area contributed by atoms with E-state index in [1.165, 1.54) is 0 Å². The smallest absolute Gasteiger partial charge is 0.330 e. The van der Waals surface area contributed by atoms with Crippen molar-refractivity contribution < 1.29 is 19.1 Å². The fourth-order valence-corrected chi connectivity index (χ4v) is 0.735. The maximum Gasteiger partial charge on any atom is 0.330 e. The number of carbonyl (C=O) groups excluding carboxylic acids is 2. The molecule has 0 saturated carbocycles. The van der Waals surface area contributed by atoms with Crippen LogP contribution < -0.4 is 0 Å². The first-order chi connectivity index (χ1) is 6.91. The summed E-state index contributed by atoms with van der Waals surface area (Å²) in [4.78, 5) is 21.8. The first-order valence-electron chi connectivity index (χ1n) is 4.48. The molecule has 0 spiro atoms. The summed E-state index contributed by atoms with van der Waals surface area (Å²) in [5.74, 6) is -0.789. The summed E-state index contributed by atoms with van der Waals surface area (Å²) in [5, 5.41) is 0. The fraction of sp³-hybridized carbons (Fsp3) is 0.600. The molecule has 0 aromatic heterocycles. The SMILES string of the molecule is C=CC(=O)OCCC(=O)OC(C)(C)CCl. The Hall–Kier alpha value is -1.03. The molecule has 86 valence electrons. The molecule has 0 radical (unpaired) electrons. The van der Waals surface area contributed by atoms with Crippen molar-refractivity contribution in [3.05, 3.63) is 12.7 Å². The number of halogens is 1. The Labute approximate surface area is 94.2 Å². The van der Waals surface area contributed by atoms with E-state index >= 15 is 0 Å². The van der Waals surface area contributed by atoms with Gasteiger partial charge in [-0.1, -0.05) is 6.58 Å². The van der Waals surface area contributed by atoms with E-state index in [0.717, 1.165) is 6.08 Å². The molecule has 0 heterocycles. The molecule has 4 nitrogen and oxygen atoms in total. The molecule has 0 unspecified atom stereocenters. The summed E-state index contributed by atoms with van der Waals surface area (Å²) >= 11 is 5.57. The number of ether oxygens (including phenoxy) is 2. The molecule has 0 bridgehead atoms. The van der Waals surface area contributed by atoms with Gasteiger partial charge in [0.25, 0.3) is 0 Å². The van der Waals surface area contributed by atoms with Gasteiger partial charge in [-0.2, -0.15) is 0 Å². The standard InChI is InChI=1S/C10H15ClO4/c1-4-8(12)14-6-5-9(13)15-10(2,3)7-11/h4H,1,5-7H2,2-3H3. The Balaban J connectivity index is 3.76. The minimum absolute atomic E-state index is 0.0119. The average Bonchev–Trinajstić information content (AvgIpc) is 2.16. The summed E-state index contributed by atoms with van der Waals surface area (Å²) in [7, 11) is 0. The molecule has 0 N–H and O–H groups in total. The molecular weight excluding hydrogens is 220 g/mol. The molecule has 0 aromatic carbocycles. The largest absolute Gasteiger partial charge is 0.462 e. The molecule has 0 atom stereocenters. The lowest BCUT2D eigenvalue weighted by Gasteiger charge is -2.21. The molecule has 0 saturated heterocycles. The van der Waals surface area contributed by atoms with Crippen molar-refractivity contribution in [3.63, 3.8) is 0 Å². The maximum atomic E-state index is 11.2. The zero-order chi connectivity index (χ0) is 11.9. The van der Waals surface area contributed by atoms with E-state index in [-0.39, 0.29) is 18.9 Å². The van der Waals surface area contributed by atoms with Crippen molar-refractivity contribution >= 4 is 23.5 Å². The van der Waals surface area contributed by atoms with Gasteiger partial charge in [0.1, 0.15) is 12.2 Å². The predicted molar refractivity (Wildman–Crippen MR) is 56.7 cm³/mol. The molecular formula is C10H15ClO4. The van der Waals surface area contributed by atoms with Crippen LogP contribution >= 0.6 is 11.6 Å². The van der Waals surface area contributed by atoms with Crippen molar-refractivity contribution in [1.29, 1.82) is 0 Å². The number of esters is 2. The van der Waals surface area contributed by atoms with E-state index in [1.807, 2.05) is 0 Å². The molecule has 15 heavy (non-hydrogen) atoms. The molecule has 0 aromatic rings. The van der Waals surface area contributed by atoms with Crippen molar-refractivity contribution in [2.75, 3.05) is 12.5 Å². The van der Waals surface area contributed by atoms with Crippen LogP contribution in [0, 0.1) is 0 Å². The molecule has 0 amide bonds. The molecule has 0 fully saturated rings. The Kier molecular flexibility index (Phi) is 6.01. The van der Waals surface area contributed by atoms with Crippen LogP contribution in [0.25, 0.3) is 0 Å². The minimum Gasteiger partial charge on any atom is -0.462 e. The molecule has 0 aliphatic carbocycles. The number of rotatable bonds is 6. The van der Waals surface area contributed by atoms with E-state index in [4.69, 9.17) is 16.3 Å². The van der Waals surface area contributed by atoms with Gasteiger partial charge in [0.05, 0.1) is 12.3 Å². The Morgan fingerprint density at radius 3 is 2.53 bits per heavy atom. The Bertz CT molecular complexity index is 248. The topological polar surface area (TPSA) is 52.6 Å². The lowest BCUT2D eigenvalue weighted by atomic mass is 10.2. The van der Waals surface area contributed by atoms with Crippen molar-refractivity contribution in [1.82, 2.24) is 0 Å². The first-order valence-corrected chi connectivity index (χ1v) is 5.02. The maximum absolute atomic E-state index is 11.2. The lowest BCUT2D eigenvalue weighted by Crippen LogP contribution is -2.30. The van der Waals surface area contributed by atoms with Crippen LogP contribution in [0.15, 0.2) is 12.7 Å². The first kappa shape index (κ1) is 14.0. The highest BCUT2D eigenvalue weighted by molar-refractivity contribution is 6.18. The normalized spacial score (nSPS) is 10.6. The second-order valence-electron chi connectivity index (χ2n) is 3.49. The Morgan fingerprint density at radius 1 is 1.47 bits per heavy atom. The zero-order valence-corrected chi connectivity index (χ0v) is 9.67. The lowest BCUT2D eigenvalue weighted by molar-refractivity contribution is -0.156. The molecule has 0 aliphatic heterocycles. The molecule has 5 heteroatoms. The monoisotopic (exact) mass is 234 g/mol. The van der Waals surface area contributed by atoms with E-state index in [1.54, 1.807) is 13.8 Å². The van der Waals surface area contributed by atoms with Crippen LogP contribution in [0.1, 0.15) is 20.3 Å². The highest BCUT2D eigenvalue weighted by Crippen LogP contribution is 2.12. The fourth-order valence-electron chi connectivity index (χ4n) is 0.680. The number of alkyl halides is 1. The average molecular weight is 235 g/mol. The summed E-state index contributed by atoms with van der Waals surface area (Å²) in [5.41, 5.74) is -0.693. The number of carbonyl (C=O) groups is 2. The summed E-state index contributed by atoms with van der Waals surface area (Å²) in [6.45, 7) is 6.62. The summed E-state index contributed by atoms with van der Waals surface area (Å²) in [6.07, 6.45) is 1.05. The third-order valence-electron chi connectivity index (χ3n) is 1.43. The van der Waals surface area contributed by atoms with Crippen molar-refractivity contribution in [2.45, 2.75) is 25.9 Å². The quantitative estimate of drug-likeness (QED) is 0.399. The van der Waals surface area contributed by atoms with Crippen LogP contribution in [0.3, 0.4) is 0 Å². The van der Waals surface area contributed by atoms with Gasteiger partial charge in [-0.25, -0.2) is 4.79 Å². The molecule has 0 aliphatic rings. The van der Waals surface area contributed by atoms with Crippen LogP contribution in [0.5, 0.6) is 0 Å². The van der Waals surface area contributed by atoms with Gasteiger partial charge in [0.2, 0.25) is 0 Å². The van der Waals surface area contributed by atoms with Crippen molar-refractivity contribution in [3.8, 4) is 0 Å². The predicted octanol–water partition coefficient (Wildman–Crippen LogP) is 1.67. The zero-order valence-electron chi connectivity index (χ0n) is 8.92. The second-order valence-corrected chi connectivity index (χ2v) is 3.76. The summed E-state index contributed by atoms with van der Waals surface area (Å²) < 4.78 is 9.63. The summed E-state index contributed by atoms with van der Waals surface area (Å²) in [6, 6.07) is 0. The van der Waals surface area contributed by atoms with Gasteiger partial charge < -0.3 is 9.47 Å². The number of hydrogen-bond acceptors (Lipinski definition) is 4. The van der Waals surface area contributed by atoms with Gasteiger partial charge in [0, 0.05) is 6.08 Å². The van der Waals surface area contributed by atoms with E-state index in [9.17, 15) is 9.59 Å². The van der Waals surface area contributed by atoms with E-state index in [2.05, 4.69) is 11.3 Å². The van der Waals surface area contributed by atoms with Crippen LogP contribution in [-0.2, 0) is 19.1 Å². The van der Waals surface area contributed by atoms with Gasteiger partial charge in [-0.15, -0.1) is 11.6 Å². The van der Waals surface area contributed by atoms with Crippen LogP contribution in [-0.4, -0.2) is 30.0 Å². The van der Waals surface area contributed by atoms with Gasteiger partial charge in [0.15, 0.2) is 0 Å².